The minimum atomic E-state index is 0.162. The number of rotatable bonds is 5. The van der Waals surface area contributed by atoms with Gasteiger partial charge in [0.05, 0.1) is 27.8 Å². The molecular formula is C19H28N2O4. The quantitative estimate of drug-likeness (QED) is 0.880. The Kier molecular flexibility index (Phi) is 5.37. The zero-order valence-corrected chi connectivity index (χ0v) is 15.4. The third-order valence-electron chi connectivity index (χ3n) is 5.59. The number of likely N-dealkylation sites (tertiary alicyclic amines) is 1. The number of carbonyl (C=O) groups is 1. The number of nitrogens with zero attached hydrogens (tertiary/aromatic N) is 1. The first kappa shape index (κ1) is 17.9. The maximum Gasteiger partial charge on any atom is 0.226 e. The Morgan fingerprint density at radius 3 is 2.20 bits per heavy atom. The van der Waals surface area contributed by atoms with E-state index in [1.807, 2.05) is 17.0 Å². The average Bonchev–Trinajstić information content (AvgIpc) is 3.09. The molecule has 1 amide bonds. The van der Waals surface area contributed by atoms with Crippen molar-refractivity contribution in [2.45, 2.75) is 25.7 Å². The molecule has 6 heteroatoms. The molecular weight excluding hydrogens is 320 g/mol. The van der Waals surface area contributed by atoms with Crippen molar-refractivity contribution in [3.63, 3.8) is 0 Å². The monoisotopic (exact) mass is 348 g/mol. The van der Waals surface area contributed by atoms with E-state index in [4.69, 9.17) is 14.2 Å². The molecule has 0 saturated carbocycles. The number of hydrogen-bond acceptors (Lipinski definition) is 5. The van der Waals surface area contributed by atoms with E-state index in [2.05, 4.69) is 5.32 Å². The summed E-state index contributed by atoms with van der Waals surface area (Å²) < 4.78 is 16.1. The molecule has 2 fully saturated rings. The summed E-state index contributed by atoms with van der Waals surface area (Å²) in [5.74, 6) is 1.88. The van der Waals surface area contributed by atoms with Crippen LogP contribution in [-0.2, 0) is 11.2 Å². The fraction of sp³-hybridized carbons (Fsp3) is 0.632. The number of hydrogen-bond donors (Lipinski definition) is 1. The summed E-state index contributed by atoms with van der Waals surface area (Å²) >= 11 is 0. The minimum absolute atomic E-state index is 0.162. The van der Waals surface area contributed by atoms with Gasteiger partial charge in [-0.1, -0.05) is 0 Å². The highest BCUT2D eigenvalue weighted by Crippen LogP contribution is 2.39. The van der Waals surface area contributed by atoms with Crippen LogP contribution in [-0.4, -0.2) is 58.3 Å². The lowest BCUT2D eigenvalue weighted by Gasteiger charge is -2.39. The number of methoxy groups -OCH3 is 3. The van der Waals surface area contributed by atoms with Gasteiger partial charge in [0.25, 0.3) is 0 Å². The number of carbonyl (C=O) groups excluding carboxylic acids is 1. The zero-order valence-electron chi connectivity index (χ0n) is 15.4. The standard InChI is InChI=1S/C19H28N2O4/c1-23-15-10-14(11-16(24-2)18(15)25-3)12-17(22)21-8-5-19(6-9-21)4-7-20-13-19/h10-11,20H,4-9,12-13H2,1-3H3. The molecule has 2 aliphatic rings. The lowest BCUT2D eigenvalue weighted by Crippen LogP contribution is -2.44. The molecule has 0 unspecified atom stereocenters. The summed E-state index contributed by atoms with van der Waals surface area (Å²) in [5, 5.41) is 3.46. The van der Waals surface area contributed by atoms with Crippen LogP contribution in [0.4, 0.5) is 0 Å². The molecule has 0 aromatic heterocycles. The fourth-order valence-corrected chi connectivity index (χ4v) is 3.98. The van der Waals surface area contributed by atoms with Crippen molar-refractivity contribution < 1.29 is 19.0 Å². The first-order chi connectivity index (χ1) is 12.1. The number of ether oxygens (including phenoxy) is 3. The Morgan fingerprint density at radius 1 is 1.08 bits per heavy atom. The van der Waals surface area contributed by atoms with E-state index < -0.39 is 0 Å². The second-order valence-electron chi connectivity index (χ2n) is 7.02. The van der Waals surface area contributed by atoms with Crippen LogP contribution in [0.3, 0.4) is 0 Å². The van der Waals surface area contributed by atoms with Crippen LogP contribution in [0, 0.1) is 5.41 Å². The summed E-state index contributed by atoms with van der Waals surface area (Å²) in [6, 6.07) is 3.71. The first-order valence-corrected chi connectivity index (χ1v) is 8.88. The second-order valence-corrected chi connectivity index (χ2v) is 7.02. The molecule has 0 bridgehead atoms. The highest BCUT2D eigenvalue weighted by atomic mass is 16.5. The van der Waals surface area contributed by atoms with Gasteiger partial charge >= 0.3 is 0 Å². The molecule has 25 heavy (non-hydrogen) atoms. The lowest BCUT2D eigenvalue weighted by atomic mass is 9.78. The molecule has 1 N–H and O–H groups in total. The van der Waals surface area contributed by atoms with Gasteiger partial charge in [0, 0.05) is 19.6 Å². The Bertz CT molecular complexity index is 591. The van der Waals surface area contributed by atoms with Crippen molar-refractivity contribution in [3.05, 3.63) is 17.7 Å². The molecule has 1 aromatic rings. The smallest absolute Gasteiger partial charge is 0.226 e. The predicted octanol–water partition coefficient (Wildman–Crippen LogP) is 1.86. The third kappa shape index (κ3) is 3.68. The molecule has 1 aromatic carbocycles. The summed E-state index contributed by atoms with van der Waals surface area (Å²) in [7, 11) is 4.75. The van der Waals surface area contributed by atoms with E-state index in [1.165, 1.54) is 6.42 Å². The van der Waals surface area contributed by atoms with Crippen LogP contribution in [0.2, 0.25) is 0 Å². The average molecular weight is 348 g/mol. The van der Waals surface area contributed by atoms with Crippen molar-refractivity contribution in [2.75, 3.05) is 47.5 Å². The van der Waals surface area contributed by atoms with Crippen molar-refractivity contribution in [3.8, 4) is 17.2 Å². The van der Waals surface area contributed by atoms with Gasteiger partial charge in [-0.3, -0.25) is 4.79 Å². The normalized spacial score (nSPS) is 19.1. The van der Waals surface area contributed by atoms with Crippen molar-refractivity contribution in [1.82, 2.24) is 10.2 Å². The number of piperidine rings is 1. The topological polar surface area (TPSA) is 60.0 Å². The number of nitrogens with one attached hydrogen (secondary N) is 1. The highest BCUT2D eigenvalue weighted by molar-refractivity contribution is 5.79. The molecule has 0 atom stereocenters. The lowest BCUT2D eigenvalue weighted by molar-refractivity contribution is -0.132. The largest absolute Gasteiger partial charge is 0.493 e. The third-order valence-corrected chi connectivity index (χ3v) is 5.59. The Hall–Kier alpha value is -1.95. The second kappa shape index (κ2) is 7.52. The fourth-order valence-electron chi connectivity index (χ4n) is 3.98. The SMILES string of the molecule is COc1cc(CC(=O)N2CCC3(CCNC3)CC2)cc(OC)c1OC. The van der Waals surface area contributed by atoms with Gasteiger partial charge < -0.3 is 24.4 Å². The Balaban J connectivity index is 1.67. The molecule has 0 aliphatic carbocycles. The molecule has 138 valence electrons. The molecule has 2 heterocycles. The van der Waals surface area contributed by atoms with Crippen LogP contribution in [0.15, 0.2) is 12.1 Å². The van der Waals surface area contributed by atoms with Gasteiger partial charge in [-0.15, -0.1) is 0 Å². The van der Waals surface area contributed by atoms with Gasteiger partial charge in [0.2, 0.25) is 11.7 Å². The summed E-state index contributed by atoms with van der Waals surface area (Å²) in [6.45, 7) is 3.91. The van der Waals surface area contributed by atoms with Crippen LogP contribution in [0.5, 0.6) is 17.2 Å². The molecule has 6 nitrogen and oxygen atoms in total. The summed E-state index contributed by atoms with van der Waals surface area (Å²) in [6.07, 6.45) is 3.78. The molecule has 3 rings (SSSR count). The van der Waals surface area contributed by atoms with Crippen LogP contribution in [0.25, 0.3) is 0 Å². The van der Waals surface area contributed by atoms with E-state index in [-0.39, 0.29) is 5.91 Å². The summed E-state index contributed by atoms with van der Waals surface area (Å²) in [4.78, 5) is 14.7. The van der Waals surface area contributed by atoms with E-state index in [0.29, 0.717) is 29.1 Å². The van der Waals surface area contributed by atoms with Gasteiger partial charge in [-0.2, -0.15) is 0 Å². The maximum absolute atomic E-state index is 12.7. The first-order valence-electron chi connectivity index (χ1n) is 8.88. The highest BCUT2D eigenvalue weighted by Gasteiger charge is 2.37. The Morgan fingerprint density at radius 2 is 1.72 bits per heavy atom. The van der Waals surface area contributed by atoms with E-state index in [9.17, 15) is 4.79 Å². The number of benzene rings is 1. The van der Waals surface area contributed by atoms with Crippen LogP contribution >= 0.6 is 0 Å². The maximum atomic E-state index is 12.7. The van der Waals surface area contributed by atoms with E-state index in [0.717, 1.165) is 44.6 Å². The van der Waals surface area contributed by atoms with Gasteiger partial charge in [-0.25, -0.2) is 0 Å². The predicted molar refractivity (Wildman–Crippen MR) is 95.5 cm³/mol. The van der Waals surface area contributed by atoms with E-state index >= 15 is 0 Å². The van der Waals surface area contributed by atoms with Crippen molar-refractivity contribution in [1.29, 1.82) is 0 Å². The van der Waals surface area contributed by atoms with E-state index in [1.54, 1.807) is 21.3 Å². The molecule has 0 radical (unpaired) electrons. The number of amides is 1. The van der Waals surface area contributed by atoms with Crippen molar-refractivity contribution >= 4 is 5.91 Å². The minimum Gasteiger partial charge on any atom is -0.493 e. The van der Waals surface area contributed by atoms with Crippen LogP contribution in [0.1, 0.15) is 24.8 Å². The zero-order chi connectivity index (χ0) is 17.9. The molecule has 2 saturated heterocycles. The summed E-state index contributed by atoms with van der Waals surface area (Å²) in [5.41, 5.74) is 1.30. The van der Waals surface area contributed by atoms with Gasteiger partial charge in [-0.05, 0) is 48.9 Å². The van der Waals surface area contributed by atoms with Crippen LogP contribution < -0.4 is 19.5 Å². The van der Waals surface area contributed by atoms with Gasteiger partial charge in [0.15, 0.2) is 11.5 Å². The van der Waals surface area contributed by atoms with Gasteiger partial charge in [0.1, 0.15) is 0 Å². The molecule has 1 spiro atoms. The molecule has 2 aliphatic heterocycles. The Labute approximate surface area is 149 Å². The van der Waals surface area contributed by atoms with Crippen molar-refractivity contribution in [2.24, 2.45) is 5.41 Å².